The van der Waals surface area contributed by atoms with E-state index in [0.29, 0.717) is 12.4 Å². The van der Waals surface area contributed by atoms with E-state index < -0.39 is 11.7 Å². The Balaban J connectivity index is 1.71. The Hall–Kier alpha value is -1.17. The van der Waals surface area contributed by atoms with Crippen molar-refractivity contribution in [3.8, 4) is 0 Å². The summed E-state index contributed by atoms with van der Waals surface area (Å²) in [5.74, 6) is 0.393. The molecule has 0 aromatic rings. The Morgan fingerprint density at radius 2 is 1.70 bits per heavy atom. The molecule has 3 saturated carbocycles. The fourth-order valence-electron chi connectivity index (χ4n) is 3.02. The third kappa shape index (κ3) is 3.29. The van der Waals surface area contributed by atoms with E-state index in [2.05, 4.69) is 16.0 Å². The fourth-order valence-corrected chi connectivity index (χ4v) is 3.11. The van der Waals surface area contributed by atoms with Gasteiger partial charge in [0.15, 0.2) is 0 Å². The molecule has 3 rings (SSSR count). The standard InChI is InChI=1S/C13H22ClN3O3/c1-11(2,3)20-10(19)17-13-6-12(7-13,8-13)16-9(18)15-5-4-14/h4-8H2,1-3H3,(H,17,19)(H2,15,16,18). The molecule has 114 valence electrons. The van der Waals surface area contributed by atoms with Crippen molar-refractivity contribution in [2.75, 3.05) is 12.4 Å². The molecule has 0 aromatic carbocycles. The summed E-state index contributed by atoms with van der Waals surface area (Å²) < 4.78 is 5.24. The van der Waals surface area contributed by atoms with Crippen molar-refractivity contribution in [2.24, 2.45) is 0 Å². The minimum absolute atomic E-state index is 0.161. The first-order valence-corrected chi connectivity index (χ1v) is 7.34. The minimum atomic E-state index is -0.495. The smallest absolute Gasteiger partial charge is 0.408 e. The van der Waals surface area contributed by atoms with Crippen molar-refractivity contribution in [3.05, 3.63) is 0 Å². The fraction of sp³-hybridized carbons (Fsp3) is 0.846. The van der Waals surface area contributed by atoms with Crippen LogP contribution in [-0.2, 0) is 4.74 Å². The van der Waals surface area contributed by atoms with E-state index in [-0.39, 0.29) is 17.1 Å². The van der Waals surface area contributed by atoms with Gasteiger partial charge in [-0.15, -0.1) is 11.6 Å². The SMILES string of the molecule is CC(C)(C)OC(=O)NC12CC(NC(=O)NCCCl)(C1)C2. The number of alkyl halides is 1. The number of carbonyl (C=O) groups excluding carboxylic acids is 2. The van der Waals surface area contributed by atoms with Crippen LogP contribution in [0.15, 0.2) is 0 Å². The van der Waals surface area contributed by atoms with Gasteiger partial charge in [-0.25, -0.2) is 9.59 Å². The first-order valence-electron chi connectivity index (χ1n) is 6.81. The average Bonchev–Trinajstić information content (AvgIpc) is 2.18. The van der Waals surface area contributed by atoms with Gasteiger partial charge in [0, 0.05) is 18.0 Å². The highest BCUT2D eigenvalue weighted by Crippen LogP contribution is 2.60. The second-order valence-corrected chi connectivity index (χ2v) is 7.17. The second kappa shape index (κ2) is 4.98. The molecule has 0 aliphatic heterocycles. The molecule has 3 amide bonds. The lowest BCUT2D eigenvalue weighted by atomic mass is 9.44. The van der Waals surface area contributed by atoms with Crippen LogP contribution in [0.5, 0.6) is 0 Å². The van der Waals surface area contributed by atoms with Gasteiger partial charge < -0.3 is 20.7 Å². The molecule has 0 heterocycles. The van der Waals surface area contributed by atoms with E-state index >= 15 is 0 Å². The van der Waals surface area contributed by atoms with E-state index in [9.17, 15) is 9.59 Å². The number of nitrogens with one attached hydrogen (secondary N) is 3. The largest absolute Gasteiger partial charge is 0.444 e. The van der Waals surface area contributed by atoms with E-state index in [0.717, 1.165) is 19.3 Å². The Labute approximate surface area is 123 Å². The third-order valence-electron chi connectivity index (χ3n) is 3.56. The first-order chi connectivity index (χ1) is 9.18. The van der Waals surface area contributed by atoms with E-state index in [4.69, 9.17) is 16.3 Å². The van der Waals surface area contributed by atoms with Crippen molar-refractivity contribution < 1.29 is 14.3 Å². The highest BCUT2D eigenvalue weighted by atomic mass is 35.5. The molecule has 3 N–H and O–H groups in total. The van der Waals surface area contributed by atoms with Crippen LogP contribution in [0.25, 0.3) is 0 Å². The summed E-state index contributed by atoms with van der Waals surface area (Å²) in [4.78, 5) is 23.3. The maximum Gasteiger partial charge on any atom is 0.408 e. The molecule has 7 heteroatoms. The predicted octanol–water partition coefficient (Wildman–Crippen LogP) is 1.72. The zero-order valence-electron chi connectivity index (χ0n) is 12.1. The van der Waals surface area contributed by atoms with Crippen LogP contribution < -0.4 is 16.0 Å². The van der Waals surface area contributed by atoms with Gasteiger partial charge in [0.2, 0.25) is 0 Å². The maximum absolute atomic E-state index is 11.7. The molecule has 0 aromatic heterocycles. The summed E-state index contributed by atoms with van der Waals surface area (Å²) >= 11 is 5.50. The molecule has 0 spiro atoms. The van der Waals surface area contributed by atoms with Crippen molar-refractivity contribution in [2.45, 2.75) is 56.7 Å². The summed E-state index contributed by atoms with van der Waals surface area (Å²) in [6.45, 7) is 5.95. The van der Waals surface area contributed by atoms with Crippen LogP contribution in [0.3, 0.4) is 0 Å². The number of alkyl carbamates (subject to hydrolysis) is 1. The van der Waals surface area contributed by atoms with Gasteiger partial charge in [0.1, 0.15) is 5.60 Å². The molecule has 6 nitrogen and oxygen atoms in total. The number of hydrogen-bond acceptors (Lipinski definition) is 3. The summed E-state index contributed by atoms with van der Waals surface area (Å²) in [6.07, 6.45) is 1.88. The molecule has 20 heavy (non-hydrogen) atoms. The molecule has 0 saturated heterocycles. The van der Waals surface area contributed by atoms with Crippen LogP contribution in [0.2, 0.25) is 0 Å². The van der Waals surface area contributed by atoms with Crippen molar-refractivity contribution in [3.63, 3.8) is 0 Å². The summed E-state index contributed by atoms with van der Waals surface area (Å²) in [5, 5.41) is 8.51. The van der Waals surface area contributed by atoms with Crippen LogP contribution >= 0.6 is 11.6 Å². The van der Waals surface area contributed by atoms with Gasteiger partial charge in [0.25, 0.3) is 0 Å². The molecule has 3 aliphatic carbocycles. The Morgan fingerprint density at radius 1 is 1.15 bits per heavy atom. The van der Waals surface area contributed by atoms with Crippen molar-refractivity contribution in [1.29, 1.82) is 0 Å². The number of urea groups is 1. The maximum atomic E-state index is 11.7. The highest BCUT2D eigenvalue weighted by molar-refractivity contribution is 6.18. The number of hydrogen-bond donors (Lipinski definition) is 3. The number of amides is 3. The third-order valence-corrected chi connectivity index (χ3v) is 3.74. The van der Waals surface area contributed by atoms with Crippen LogP contribution in [0, 0.1) is 0 Å². The van der Waals surface area contributed by atoms with E-state index in [1.54, 1.807) is 0 Å². The zero-order chi connectivity index (χ0) is 15.0. The molecule has 0 unspecified atom stereocenters. The van der Waals surface area contributed by atoms with Crippen molar-refractivity contribution in [1.82, 2.24) is 16.0 Å². The summed E-state index contributed by atoms with van der Waals surface area (Å²) in [7, 11) is 0. The second-order valence-electron chi connectivity index (χ2n) is 6.79. The van der Waals surface area contributed by atoms with Gasteiger partial charge in [-0.05, 0) is 40.0 Å². The molecule has 0 radical (unpaired) electrons. The highest BCUT2D eigenvalue weighted by Gasteiger charge is 2.69. The quantitative estimate of drug-likeness (QED) is 0.692. The van der Waals surface area contributed by atoms with Crippen LogP contribution in [0.1, 0.15) is 40.0 Å². The lowest BCUT2D eigenvalue weighted by Gasteiger charge is -2.69. The van der Waals surface area contributed by atoms with Gasteiger partial charge in [-0.1, -0.05) is 0 Å². The Morgan fingerprint density at radius 3 is 2.20 bits per heavy atom. The predicted molar refractivity (Wildman–Crippen MR) is 75.9 cm³/mol. The van der Waals surface area contributed by atoms with Gasteiger partial charge in [0.05, 0.1) is 5.54 Å². The van der Waals surface area contributed by atoms with E-state index in [1.165, 1.54) is 0 Å². The molecule has 3 aliphatic rings. The van der Waals surface area contributed by atoms with Crippen molar-refractivity contribution >= 4 is 23.7 Å². The normalized spacial score (nSPS) is 30.6. The minimum Gasteiger partial charge on any atom is -0.444 e. The Bertz CT molecular complexity index is 400. The number of ether oxygens (including phenoxy) is 1. The lowest BCUT2D eigenvalue weighted by Crippen LogP contribution is -2.84. The molecule has 2 bridgehead atoms. The molecule has 3 fully saturated rings. The van der Waals surface area contributed by atoms with Crippen LogP contribution in [-0.4, -0.2) is 41.2 Å². The summed E-state index contributed by atoms with van der Waals surface area (Å²) in [5.41, 5.74) is -0.849. The monoisotopic (exact) mass is 303 g/mol. The molecular formula is C13H22ClN3O3. The van der Waals surface area contributed by atoms with Gasteiger partial charge >= 0.3 is 12.1 Å². The Kier molecular flexibility index (Phi) is 3.79. The van der Waals surface area contributed by atoms with Gasteiger partial charge in [-0.2, -0.15) is 0 Å². The van der Waals surface area contributed by atoms with E-state index in [1.807, 2.05) is 20.8 Å². The zero-order valence-corrected chi connectivity index (χ0v) is 12.9. The number of carbonyl (C=O) groups is 2. The molecular weight excluding hydrogens is 282 g/mol. The topological polar surface area (TPSA) is 79.5 Å². The molecule has 0 atom stereocenters. The lowest BCUT2D eigenvalue weighted by molar-refractivity contribution is -0.0955. The first kappa shape index (κ1) is 15.2. The average molecular weight is 304 g/mol. The number of halogens is 1. The van der Waals surface area contributed by atoms with Crippen LogP contribution in [0.4, 0.5) is 9.59 Å². The summed E-state index contributed by atoms with van der Waals surface area (Å²) in [6, 6.07) is -0.198. The number of rotatable bonds is 4. The van der Waals surface area contributed by atoms with Gasteiger partial charge in [-0.3, -0.25) is 0 Å².